The van der Waals surface area contributed by atoms with Gasteiger partial charge in [-0.3, -0.25) is 0 Å². The number of hydrogen-bond donors (Lipinski definition) is 1. The van der Waals surface area contributed by atoms with Gasteiger partial charge in [0, 0.05) is 0 Å². The molecule has 1 nitrogen and oxygen atoms in total. The molecule has 0 bridgehead atoms. The molecule has 0 aromatic rings. The summed E-state index contributed by atoms with van der Waals surface area (Å²) in [5.74, 6) is 0.986. The van der Waals surface area contributed by atoms with Crippen molar-refractivity contribution in [2.24, 2.45) is 5.92 Å². The van der Waals surface area contributed by atoms with Crippen molar-refractivity contribution >= 4 is 0 Å². The van der Waals surface area contributed by atoms with E-state index in [1.54, 1.807) is 0 Å². The van der Waals surface area contributed by atoms with Gasteiger partial charge in [-0.2, -0.15) is 0 Å². The molecule has 0 saturated carbocycles. The quantitative estimate of drug-likeness (QED) is 0.340. The largest absolute Gasteiger partial charge is 0.323 e. The lowest BCUT2D eigenvalue weighted by atomic mass is 10.0. The molecule has 0 amide bonds. The summed E-state index contributed by atoms with van der Waals surface area (Å²) in [6.45, 7) is 51.6. The highest BCUT2D eigenvalue weighted by molar-refractivity contribution is 4.48. The van der Waals surface area contributed by atoms with Crippen LogP contribution in [0.5, 0.6) is 0 Å². The Morgan fingerprint density at radius 3 is 0.474 bits per heavy atom. The summed E-state index contributed by atoms with van der Waals surface area (Å²) in [6.07, 6.45) is 10.8. The van der Waals surface area contributed by atoms with Gasteiger partial charge in [0.25, 0.3) is 0 Å². The Hall–Kier alpha value is -0.0400. The van der Waals surface area contributed by atoms with Crippen LogP contribution in [0, 0.1) is 5.92 Å². The van der Waals surface area contributed by atoms with Gasteiger partial charge >= 0.3 is 0 Å². The van der Waals surface area contributed by atoms with E-state index in [1.165, 1.54) is 51.4 Å². The molecule has 0 aliphatic carbocycles. The van der Waals surface area contributed by atoms with E-state index in [-0.39, 0.29) is 7.43 Å². The van der Waals surface area contributed by atoms with Crippen LogP contribution < -0.4 is 5.32 Å². The summed E-state index contributed by atoms with van der Waals surface area (Å²) >= 11 is 0. The zero-order valence-electron chi connectivity index (χ0n) is 33.7. The van der Waals surface area contributed by atoms with Crippen molar-refractivity contribution in [1.82, 2.24) is 5.32 Å². The molecule has 0 aromatic carbocycles. The van der Waals surface area contributed by atoms with Gasteiger partial charge in [0.2, 0.25) is 0 Å². The summed E-state index contributed by atoms with van der Waals surface area (Å²) in [5, 5.41) is 2.75. The van der Waals surface area contributed by atoms with Gasteiger partial charge in [0.15, 0.2) is 0 Å². The minimum atomic E-state index is 0. The van der Waals surface area contributed by atoms with Gasteiger partial charge < -0.3 is 5.32 Å². The van der Waals surface area contributed by atoms with Gasteiger partial charge in [-0.1, -0.05) is 232 Å². The smallest absolute Gasteiger partial charge is 0.0167 e. The van der Waals surface area contributed by atoms with Crippen molar-refractivity contribution < 1.29 is 0 Å². The second-order valence-electron chi connectivity index (χ2n) is 4.94. The Balaban J connectivity index is -0.0000000142. The molecule has 38 heavy (non-hydrogen) atoms. The van der Waals surface area contributed by atoms with Crippen LogP contribution in [0.1, 0.15) is 232 Å². The zero-order valence-corrected chi connectivity index (χ0v) is 33.7. The van der Waals surface area contributed by atoms with Gasteiger partial charge in [0.1, 0.15) is 0 Å². The number of nitrogens with one attached hydrogen (secondary N) is 1. The van der Waals surface area contributed by atoms with E-state index in [1.807, 2.05) is 139 Å². The first-order chi connectivity index (χ1) is 18.1. The summed E-state index contributed by atoms with van der Waals surface area (Å²) in [7, 11) is 3.75. The molecule has 1 N–H and O–H groups in total. The van der Waals surface area contributed by atoms with E-state index in [0.717, 1.165) is 5.92 Å². The maximum Gasteiger partial charge on any atom is -0.0167 e. The van der Waals surface area contributed by atoms with Crippen LogP contribution in [-0.2, 0) is 0 Å². The highest BCUT2D eigenvalue weighted by Gasteiger charge is 1.95. The molecule has 0 spiro atoms. The summed E-state index contributed by atoms with van der Waals surface area (Å²) in [4.78, 5) is 0. The maximum absolute atomic E-state index is 2.75. The van der Waals surface area contributed by atoms with E-state index in [0.29, 0.717) is 0 Å². The fourth-order valence-corrected chi connectivity index (χ4v) is 1.22. The van der Waals surface area contributed by atoms with E-state index < -0.39 is 0 Å². The number of unbranched alkanes of at least 4 members (excludes halogenated alkanes) is 3. The first kappa shape index (κ1) is 90.3. The molecule has 0 unspecified atom stereocenters. The fourth-order valence-electron chi connectivity index (χ4n) is 1.22. The third kappa shape index (κ3) is 547. The Bertz CT molecular complexity index is 79.2. The minimum Gasteiger partial charge on any atom is -0.323 e. The molecule has 0 aliphatic rings. The van der Waals surface area contributed by atoms with Crippen LogP contribution in [0.3, 0.4) is 0 Å². The van der Waals surface area contributed by atoms with Crippen LogP contribution >= 0.6 is 0 Å². The molecule has 0 rings (SSSR count). The summed E-state index contributed by atoms with van der Waals surface area (Å²) in [6, 6.07) is 0. The topological polar surface area (TPSA) is 12.0 Å². The lowest BCUT2D eigenvalue weighted by Gasteiger charge is -2.05. The molecule has 0 saturated heterocycles. The third-order valence-corrected chi connectivity index (χ3v) is 2.94. The van der Waals surface area contributed by atoms with Crippen LogP contribution in [0.15, 0.2) is 0 Å². The SMILES string of the molecule is C.CC.CC.CC.CC.CC.CC.CC.CC.CC.CCC(CC)CC.CCCC.CCCCC.CNC. The van der Waals surface area contributed by atoms with Gasteiger partial charge in [-0.15, -0.1) is 0 Å². The predicted octanol–water partition coefficient (Wildman–Crippen LogP) is 16.5. The monoisotopic (exact) mass is 562 g/mol. The van der Waals surface area contributed by atoms with Gasteiger partial charge in [-0.05, 0) is 20.0 Å². The Kier molecular flexibility index (Phi) is 794. The van der Waals surface area contributed by atoms with Crippen LogP contribution in [-0.4, -0.2) is 14.1 Å². The first-order valence-electron chi connectivity index (χ1n) is 17.7. The molecule has 1 heteroatoms. The van der Waals surface area contributed by atoms with Crippen LogP contribution in [0.2, 0.25) is 0 Å². The average Bonchev–Trinajstić information content (AvgIpc) is 3.04. The second-order valence-corrected chi connectivity index (χ2v) is 4.94. The first-order valence-corrected chi connectivity index (χ1v) is 17.7. The standard InChI is InChI=1S/C7H16.C5H12.C4H10.C2H7N.9C2H6.CH4/c1-4-7(5-2)6-3;1-3-5-4-2;1-3-4-2;1-3-2;9*1-2;/h7H,4-6H2,1-3H3;3-5H2,1-2H3;3-4H2,1-2H3;3H,1-2H3;9*1-2H3;1H4. The zero-order chi connectivity index (χ0) is 33.9. The predicted molar refractivity (Wildman–Crippen MR) is 204 cm³/mol. The summed E-state index contributed by atoms with van der Waals surface area (Å²) < 4.78 is 0. The molecule has 0 heterocycles. The van der Waals surface area contributed by atoms with Crippen molar-refractivity contribution in [2.45, 2.75) is 232 Å². The van der Waals surface area contributed by atoms with E-state index in [2.05, 4.69) is 53.8 Å². The van der Waals surface area contributed by atoms with Gasteiger partial charge in [-0.25, -0.2) is 0 Å². The minimum absolute atomic E-state index is 0. The lowest BCUT2D eigenvalue weighted by Crippen LogP contribution is -1.91. The molecule has 0 fully saturated rings. The van der Waals surface area contributed by atoms with Crippen molar-refractivity contribution in [3.63, 3.8) is 0 Å². The van der Waals surface area contributed by atoms with Crippen molar-refractivity contribution in [3.05, 3.63) is 0 Å². The van der Waals surface area contributed by atoms with Crippen LogP contribution in [0.4, 0.5) is 0 Å². The van der Waals surface area contributed by atoms with Crippen molar-refractivity contribution in [2.75, 3.05) is 14.1 Å². The number of hydrogen-bond acceptors (Lipinski definition) is 1. The molecule has 256 valence electrons. The lowest BCUT2D eigenvalue weighted by molar-refractivity contribution is 0.477. The Labute approximate surface area is 257 Å². The highest BCUT2D eigenvalue weighted by atomic mass is 14.7. The molecular weight excluding hydrogens is 458 g/mol. The summed E-state index contributed by atoms with van der Waals surface area (Å²) in [5.41, 5.74) is 0. The van der Waals surface area contributed by atoms with Crippen molar-refractivity contribution in [1.29, 1.82) is 0 Å². The molecule has 0 aliphatic heterocycles. The van der Waals surface area contributed by atoms with E-state index in [4.69, 9.17) is 0 Å². The Morgan fingerprint density at radius 2 is 0.474 bits per heavy atom. The molecule has 0 radical (unpaired) electrons. The van der Waals surface area contributed by atoms with Crippen molar-refractivity contribution in [3.8, 4) is 0 Å². The number of rotatable bonds is 6. The highest BCUT2D eigenvalue weighted by Crippen LogP contribution is 2.10. The maximum atomic E-state index is 2.75. The van der Waals surface area contributed by atoms with E-state index >= 15 is 0 Å². The molecule has 0 atom stereocenters. The van der Waals surface area contributed by atoms with E-state index in [9.17, 15) is 0 Å². The third-order valence-electron chi connectivity index (χ3n) is 2.94. The Morgan fingerprint density at radius 1 is 0.342 bits per heavy atom. The fraction of sp³-hybridized carbons (Fsp3) is 1.00. The van der Waals surface area contributed by atoms with Crippen LogP contribution in [0.25, 0.3) is 0 Å². The normalized spacial score (nSPS) is 5.68. The molecule has 0 aromatic heterocycles. The average molecular weight is 562 g/mol. The second kappa shape index (κ2) is 334. The van der Waals surface area contributed by atoms with Gasteiger partial charge in [0.05, 0.1) is 0 Å². The molecular formula is C37H103N.